The number of anilines is 1. The molecule has 3 aromatic carbocycles. The number of methoxy groups -OCH3 is 1. The summed E-state index contributed by atoms with van der Waals surface area (Å²) in [5, 5.41) is 23.0. The number of benzene rings is 3. The van der Waals surface area contributed by atoms with Gasteiger partial charge in [-0.3, -0.25) is 24.6 Å². The molecule has 0 aromatic heterocycles. The van der Waals surface area contributed by atoms with Gasteiger partial charge in [0, 0.05) is 17.3 Å². The van der Waals surface area contributed by atoms with Gasteiger partial charge in [0.2, 0.25) is 0 Å². The first-order chi connectivity index (χ1) is 17.8. The van der Waals surface area contributed by atoms with E-state index in [1.165, 1.54) is 61.7 Å². The van der Waals surface area contributed by atoms with Gasteiger partial charge < -0.3 is 14.6 Å². The van der Waals surface area contributed by atoms with Crippen LogP contribution in [-0.2, 0) is 14.3 Å². The van der Waals surface area contributed by atoms with Crippen molar-refractivity contribution in [3.05, 3.63) is 105 Å². The van der Waals surface area contributed by atoms with Gasteiger partial charge >= 0.3 is 5.97 Å². The number of nitrogens with zero attached hydrogens (tertiary/aromatic N) is 2. The number of nitro groups is 1. The lowest BCUT2D eigenvalue weighted by atomic mass is 9.94. The molecule has 1 N–H and O–H groups in total. The molecule has 3 aromatic rings. The first kappa shape index (κ1) is 25.1. The third kappa shape index (κ3) is 4.64. The predicted molar refractivity (Wildman–Crippen MR) is 133 cm³/mol. The zero-order valence-corrected chi connectivity index (χ0v) is 19.9. The molecule has 0 bridgehead atoms. The van der Waals surface area contributed by atoms with Crippen LogP contribution in [0, 0.1) is 10.1 Å². The van der Waals surface area contributed by atoms with Crippen molar-refractivity contribution in [3.63, 3.8) is 0 Å². The van der Waals surface area contributed by atoms with E-state index in [0.717, 1.165) is 4.90 Å². The van der Waals surface area contributed by atoms with E-state index in [-0.39, 0.29) is 40.2 Å². The highest BCUT2D eigenvalue weighted by Gasteiger charge is 2.48. The van der Waals surface area contributed by atoms with Crippen LogP contribution in [0.3, 0.4) is 0 Å². The Morgan fingerprint density at radius 2 is 1.62 bits per heavy atom. The molecule has 0 radical (unpaired) electrons. The summed E-state index contributed by atoms with van der Waals surface area (Å²) in [7, 11) is 1.47. The number of amides is 1. The minimum absolute atomic E-state index is 0.0382. The number of hydrogen-bond donors (Lipinski definition) is 1. The van der Waals surface area contributed by atoms with Gasteiger partial charge in [-0.15, -0.1) is 0 Å². The van der Waals surface area contributed by atoms with Crippen molar-refractivity contribution in [2.75, 3.05) is 18.6 Å². The van der Waals surface area contributed by atoms with Crippen molar-refractivity contribution in [1.82, 2.24) is 0 Å². The number of aliphatic hydroxyl groups is 1. The van der Waals surface area contributed by atoms with E-state index in [4.69, 9.17) is 9.47 Å². The smallest absolute Gasteiger partial charge is 0.338 e. The second kappa shape index (κ2) is 10.3. The van der Waals surface area contributed by atoms with E-state index in [1.54, 1.807) is 25.1 Å². The molecule has 0 aliphatic carbocycles. The average molecular weight is 502 g/mol. The summed E-state index contributed by atoms with van der Waals surface area (Å²) in [6, 6.07) is 16.3. The molecule has 37 heavy (non-hydrogen) atoms. The minimum Gasteiger partial charge on any atom is -0.507 e. The molecule has 1 saturated heterocycles. The summed E-state index contributed by atoms with van der Waals surface area (Å²) in [4.78, 5) is 50.9. The third-order valence-corrected chi connectivity index (χ3v) is 5.89. The maximum Gasteiger partial charge on any atom is 0.338 e. The Morgan fingerprint density at radius 3 is 2.22 bits per heavy atom. The van der Waals surface area contributed by atoms with Crippen LogP contribution in [-0.4, -0.2) is 41.4 Å². The number of rotatable bonds is 7. The highest BCUT2D eigenvalue weighted by atomic mass is 16.6. The Kier molecular flexibility index (Phi) is 7.01. The number of ketones is 1. The first-order valence-corrected chi connectivity index (χ1v) is 11.2. The molecular weight excluding hydrogens is 480 g/mol. The topological polar surface area (TPSA) is 136 Å². The number of Topliss-reactive ketones (excluding diaryl/α,β-unsaturated/α-hetero) is 1. The third-order valence-electron chi connectivity index (χ3n) is 5.89. The van der Waals surface area contributed by atoms with E-state index in [0.29, 0.717) is 5.75 Å². The van der Waals surface area contributed by atoms with Gasteiger partial charge in [0.1, 0.15) is 17.6 Å². The lowest BCUT2D eigenvalue weighted by molar-refractivity contribution is -0.385. The Morgan fingerprint density at radius 1 is 1.00 bits per heavy atom. The zero-order chi connectivity index (χ0) is 26.7. The van der Waals surface area contributed by atoms with Crippen LogP contribution in [0.25, 0.3) is 5.76 Å². The molecule has 1 aliphatic rings. The van der Waals surface area contributed by atoms with Gasteiger partial charge in [-0.2, -0.15) is 0 Å². The molecule has 1 fully saturated rings. The number of esters is 1. The van der Waals surface area contributed by atoms with Crippen molar-refractivity contribution >= 4 is 34.8 Å². The van der Waals surface area contributed by atoms with Crippen molar-refractivity contribution in [3.8, 4) is 5.75 Å². The summed E-state index contributed by atoms with van der Waals surface area (Å²) in [5.74, 6) is -2.54. The van der Waals surface area contributed by atoms with E-state index in [1.807, 2.05) is 0 Å². The maximum absolute atomic E-state index is 13.3. The number of carbonyl (C=O) groups is 3. The fourth-order valence-corrected chi connectivity index (χ4v) is 4.16. The molecule has 0 unspecified atom stereocenters. The number of carbonyl (C=O) groups excluding carboxylic acids is 3. The van der Waals surface area contributed by atoms with Gasteiger partial charge in [-0.05, 0) is 61.5 Å². The van der Waals surface area contributed by atoms with Gasteiger partial charge in [-0.25, -0.2) is 4.79 Å². The molecule has 10 heteroatoms. The molecule has 10 nitrogen and oxygen atoms in total. The standard InChI is InChI=1S/C27H22N2O8/c1-3-37-27(33)17-8-12-18(13-9-17)28-23(20-6-4-5-7-21(20)29(34)35)22(25(31)26(28)32)24(30)16-10-14-19(36-2)15-11-16/h4-15,23,30H,3H2,1-2H3/t23-/m1/s1. The Bertz CT molecular complexity index is 1410. The van der Waals surface area contributed by atoms with Crippen LogP contribution >= 0.6 is 0 Å². The fourth-order valence-electron chi connectivity index (χ4n) is 4.16. The second-order valence-corrected chi connectivity index (χ2v) is 7.98. The lowest BCUT2D eigenvalue weighted by Gasteiger charge is -2.25. The van der Waals surface area contributed by atoms with Crippen LogP contribution in [0.5, 0.6) is 5.75 Å². The van der Waals surface area contributed by atoms with Crippen molar-refractivity contribution in [1.29, 1.82) is 0 Å². The van der Waals surface area contributed by atoms with E-state index < -0.39 is 34.4 Å². The number of ether oxygens (including phenoxy) is 2. The summed E-state index contributed by atoms with van der Waals surface area (Å²) >= 11 is 0. The average Bonchev–Trinajstić information content (AvgIpc) is 3.18. The van der Waals surface area contributed by atoms with Gasteiger partial charge in [0.05, 0.1) is 35.3 Å². The normalized spacial score (nSPS) is 16.5. The molecular formula is C27H22N2O8. The van der Waals surface area contributed by atoms with Crippen LogP contribution < -0.4 is 9.64 Å². The number of aliphatic hydroxyl groups excluding tert-OH is 1. The van der Waals surface area contributed by atoms with Crippen molar-refractivity contribution in [2.24, 2.45) is 0 Å². The van der Waals surface area contributed by atoms with E-state index in [9.17, 15) is 29.6 Å². The monoisotopic (exact) mass is 502 g/mol. The van der Waals surface area contributed by atoms with Crippen LogP contribution in [0.15, 0.2) is 78.4 Å². The molecule has 0 spiro atoms. The molecule has 1 heterocycles. The van der Waals surface area contributed by atoms with Gasteiger partial charge in [0.25, 0.3) is 17.4 Å². The number of nitro benzene ring substituents is 1. The summed E-state index contributed by atoms with van der Waals surface area (Å²) in [5.41, 5.74) is 0.0492. The minimum atomic E-state index is -1.31. The molecule has 1 aliphatic heterocycles. The summed E-state index contributed by atoms with van der Waals surface area (Å²) in [6.45, 7) is 1.85. The Balaban J connectivity index is 1.91. The summed E-state index contributed by atoms with van der Waals surface area (Å²) < 4.78 is 10.1. The van der Waals surface area contributed by atoms with Gasteiger partial charge in [-0.1, -0.05) is 12.1 Å². The predicted octanol–water partition coefficient (Wildman–Crippen LogP) is 4.41. The maximum atomic E-state index is 13.3. The first-order valence-electron chi connectivity index (χ1n) is 11.2. The number of hydrogen-bond acceptors (Lipinski definition) is 8. The number of para-hydroxylation sites is 1. The van der Waals surface area contributed by atoms with Crippen molar-refractivity contribution < 1.29 is 33.9 Å². The highest BCUT2D eigenvalue weighted by Crippen LogP contribution is 2.44. The fraction of sp³-hybridized carbons (Fsp3) is 0.148. The van der Waals surface area contributed by atoms with Crippen LogP contribution in [0.4, 0.5) is 11.4 Å². The Labute approximate surface area is 211 Å². The quantitative estimate of drug-likeness (QED) is 0.125. The lowest BCUT2D eigenvalue weighted by Crippen LogP contribution is -2.29. The van der Waals surface area contributed by atoms with E-state index in [2.05, 4.69) is 0 Å². The largest absolute Gasteiger partial charge is 0.507 e. The molecule has 188 valence electrons. The molecule has 1 atom stereocenters. The zero-order valence-electron chi connectivity index (χ0n) is 19.9. The summed E-state index contributed by atoms with van der Waals surface area (Å²) in [6.07, 6.45) is 0. The van der Waals surface area contributed by atoms with Crippen molar-refractivity contribution in [2.45, 2.75) is 13.0 Å². The van der Waals surface area contributed by atoms with Crippen LogP contribution in [0.2, 0.25) is 0 Å². The van der Waals surface area contributed by atoms with Crippen LogP contribution in [0.1, 0.15) is 34.5 Å². The van der Waals surface area contributed by atoms with Gasteiger partial charge in [0.15, 0.2) is 0 Å². The van der Waals surface area contributed by atoms with E-state index >= 15 is 0 Å². The molecule has 1 amide bonds. The molecule has 4 rings (SSSR count). The molecule has 0 saturated carbocycles. The highest BCUT2D eigenvalue weighted by molar-refractivity contribution is 6.51. The Hall–Kier alpha value is -4.99. The second-order valence-electron chi connectivity index (χ2n) is 7.98. The SMILES string of the molecule is CCOC(=O)c1ccc(N2C(=O)C(=O)C(=C(O)c3ccc(OC)cc3)[C@H]2c2ccccc2[N+](=O)[O-])cc1.